The molecule has 0 spiro atoms. The Kier molecular flexibility index (Phi) is 4.20. The quantitative estimate of drug-likeness (QED) is 0.890. The fourth-order valence-corrected chi connectivity index (χ4v) is 3.24. The average Bonchev–Trinajstić information content (AvgIpc) is 3.09. The smallest absolute Gasteiger partial charge is 0.345 e. The Labute approximate surface area is 124 Å². The molecule has 2 aromatic heterocycles. The van der Waals surface area contributed by atoms with Crippen molar-refractivity contribution in [3.05, 3.63) is 38.5 Å². The molecular formula is C13H14N2O3S2. The number of thiazole rings is 1. The molecule has 1 amide bonds. The van der Waals surface area contributed by atoms with Crippen LogP contribution in [0.15, 0.2) is 23.7 Å². The summed E-state index contributed by atoms with van der Waals surface area (Å²) in [5, 5.41) is 14.5. The minimum absolute atomic E-state index is 0.155. The first-order chi connectivity index (χ1) is 9.46. The van der Waals surface area contributed by atoms with Crippen molar-refractivity contribution in [2.45, 2.75) is 25.8 Å². The van der Waals surface area contributed by atoms with Gasteiger partial charge in [-0.15, -0.1) is 22.7 Å². The van der Waals surface area contributed by atoms with Crippen molar-refractivity contribution >= 4 is 34.6 Å². The summed E-state index contributed by atoms with van der Waals surface area (Å²) in [5.74, 6) is -1.30. The van der Waals surface area contributed by atoms with Gasteiger partial charge in [-0.3, -0.25) is 4.79 Å². The number of aromatic nitrogens is 1. The van der Waals surface area contributed by atoms with Gasteiger partial charge in [0.25, 0.3) is 5.91 Å². The van der Waals surface area contributed by atoms with Gasteiger partial charge in [-0.1, -0.05) is 6.92 Å². The highest BCUT2D eigenvalue weighted by Crippen LogP contribution is 2.27. The molecule has 1 unspecified atom stereocenters. The van der Waals surface area contributed by atoms with E-state index in [2.05, 4.69) is 10.3 Å². The molecule has 7 heteroatoms. The van der Waals surface area contributed by atoms with Gasteiger partial charge in [0.05, 0.1) is 10.4 Å². The van der Waals surface area contributed by atoms with Crippen LogP contribution in [0.25, 0.3) is 0 Å². The van der Waals surface area contributed by atoms with E-state index in [9.17, 15) is 9.59 Å². The highest BCUT2D eigenvalue weighted by molar-refractivity contribution is 7.15. The van der Waals surface area contributed by atoms with E-state index < -0.39 is 11.5 Å². The lowest BCUT2D eigenvalue weighted by Gasteiger charge is -2.27. The number of carbonyl (C=O) groups excluding carboxylic acids is 1. The molecule has 0 fully saturated rings. The number of hydrogen-bond acceptors (Lipinski definition) is 5. The molecule has 0 radical (unpaired) electrons. The average molecular weight is 310 g/mol. The van der Waals surface area contributed by atoms with Crippen molar-refractivity contribution in [1.82, 2.24) is 10.3 Å². The van der Waals surface area contributed by atoms with Gasteiger partial charge in [-0.05, 0) is 25.5 Å². The van der Waals surface area contributed by atoms with Crippen molar-refractivity contribution in [1.29, 1.82) is 0 Å². The summed E-state index contributed by atoms with van der Waals surface area (Å²) in [6, 6.07) is 2.97. The third kappa shape index (κ3) is 2.88. The molecule has 0 aromatic carbocycles. The van der Waals surface area contributed by atoms with Gasteiger partial charge in [-0.2, -0.15) is 0 Å². The van der Waals surface area contributed by atoms with Gasteiger partial charge in [0.15, 0.2) is 0 Å². The third-order valence-corrected chi connectivity index (χ3v) is 5.15. The van der Waals surface area contributed by atoms with Crippen molar-refractivity contribution in [3.63, 3.8) is 0 Å². The number of nitrogens with one attached hydrogen (secondary N) is 1. The fraction of sp³-hybridized carbons (Fsp3) is 0.308. The molecule has 20 heavy (non-hydrogen) atoms. The van der Waals surface area contributed by atoms with Crippen LogP contribution in [0.4, 0.5) is 0 Å². The van der Waals surface area contributed by atoms with Gasteiger partial charge < -0.3 is 10.4 Å². The molecule has 106 valence electrons. The highest BCUT2D eigenvalue weighted by atomic mass is 32.1. The van der Waals surface area contributed by atoms with Crippen LogP contribution in [-0.4, -0.2) is 22.0 Å². The second kappa shape index (κ2) is 5.72. The first kappa shape index (κ1) is 14.7. The molecule has 2 rings (SSSR count). The molecule has 2 N–H and O–H groups in total. The fourth-order valence-electron chi connectivity index (χ4n) is 1.68. The number of carbonyl (C=O) groups is 2. The lowest BCUT2D eigenvalue weighted by molar-refractivity contribution is 0.0702. The summed E-state index contributed by atoms with van der Waals surface area (Å²) >= 11 is 2.45. The first-order valence-corrected chi connectivity index (χ1v) is 7.71. The van der Waals surface area contributed by atoms with Gasteiger partial charge in [-0.25, -0.2) is 9.78 Å². The number of carboxylic acids is 1. The lowest BCUT2D eigenvalue weighted by atomic mass is 10.00. The predicted octanol–water partition coefficient (Wildman–Crippen LogP) is 2.96. The second-order valence-corrected chi connectivity index (χ2v) is 6.42. The molecular weight excluding hydrogens is 296 g/mol. The van der Waals surface area contributed by atoms with Gasteiger partial charge >= 0.3 is 5.97 Å². The minimum atomic E-state index is -1.02. The van der Waals surface area contributed by atoms with E-state index in [4.69, 9.17) is 5.11 Å². The molecule has 1 atom stereocenters. The molecule has 2 heterocycles. The Morgan fingerprint density at radius 2 is 2.10 bits per heavy atom. The van der Waals surface area contributed by atoms with Crippen molar-refractivity contribution in [3.8, 4) is 0 Å². The number of carboxylic acid groups (broad SMARTS) is 1. The summed E-state index contributed by atoms with van der Waals surface area (Å²) in [7, 11) is 0. The maximum Gasteiger partial charge on any atom is 0.345 e. The van der Waals surface area contributed by atoms with Crippen LogP contribution < -0.4 is 5.32 Å². The summed E-state index contributed by atoms with van der Waals surface area (Å²) in [6.45, 7) is 3.88. The molecule has 2 aromatic rings. The zero-order chi connectivity index (χ0) is 14.8. The minimum Gasteiger partial charge on any atom is -0.477 e. The van der Waals surface area contributed by atoms with Crippen LogP contribution in [0.3, 0.4) is 0 Å². The van der Waals surface area contributed by atoms with Gasteiger partial charge in [0.1, 0.15) is 9.88 Å². The number of thiophene rings is 1. The Morgan fingerprint density at radius 1 is 1.40 bits per heavy atom. The third-order valence-electron chi connectivity index (χ3n) is 3.04. The number of amides is 1. The standard InChI is InChI=1S/C13H14N2O3S2/c1-3-13(2,12-14-6-7-19-12)15-10(16)8-4-5-9(20-8)11(17)18/h4-7H,3H2,1-2H3,(H,15,16)(H,17,18). The van der Waals surface area contributed by atoms with Crippen molar-refractivity contribution in [2.75, 3.05) is 0 Å². The SMILES string of the molecule is CCC(C)(NC(=O)c1ccc(C(=O)O)s1)c1nccs1. The van der Waals surface area contributed by atoms with Gasteiger partial charge in [0, 0.05) is 11.6 Å². The van der Waals surface area contributed by atoms with Gasteiger partial charge in [0.2, 0.25) is 0 Å². The number of hydrogen-bond donors (Lipinski definition) is 2. The van der Waals surface area contributed by atoms with Crippen LogP contribution >= 0.6 is 22.7 Å². The molecule has 0 bridgehead atoms. The van der Waals surface area contributed by atoms with Crippen LogP contribution in [0.1, 0.15) is 44.6 Å². The number of aromatic carboxylic acids is 1. The Hall–Kier alpha value is -1.73. The van der Waals surface area contributed by atoms with E-state index in [1.165, 1.54) is 23.5 Å². The van der Waals surface area contributed by atoms with E-state index in [0.717, 1.165) is 16.3 Å². The van der Waals surface area contributed by atoms with Crippen LogP contribution in [0, 0.1) is 0 Å². The summed E-state index contributed by atoms with van der Waals surface area (Å²) in [5.41, 5.74) is -0.543. The van der Waals surface area contributed by atoms with Crippen LogP contribution in [0.5, 0.6) is 0 Å². The maximum atomic E-state index is 12.2. The zero-order valence-electron chi connectivity index (χ0n) is 11.0. The molecule has 0 aliphatic rings. The number of rotatable bonds is 5. The van der Waals surface area contributed by atoms with Crippen molar-refractivity contribution < 1.29 is 14.7 Å². The Balaban J connectivity index is 2.19. The van der Waals surface area contributed by atoms with E-state index in [-0.39, 0.29) is 10.8 Å². The van der Waals surface area contributed by atoms with E-state index in [1.54, 1.807) is 6.20 Å². The Bertz CT molecular complexity index is 621. The number of nitrogens with zero attached hydrogens (tertiary/aromatic N) is 1. The van der Waals surface area contributed by atoms with Crippen molar-refractivity contribution in [2.24, 2.45) is 0 Å². The lowest BCUT2D eigenvalue weighted by Crippen LogP contribution is -2.42. The molecule has 0 aliphatic carbocycles. The summed E-state index contributed by atoms with van der Waals surface area (Å²) < 4.78 is 0. The predicted molar refractivity (Wildman–Crippen MR) is 78.5 cm³/mol. The van der Waals surface area contributed by atoms with Crippen LogP contribution in [-0.2, 0) is 5.54 Å². The second-order valence-electron chi connectivity index (χ2n) is 4.45. The normalized spacial score (nSPS) is 13.7. The van der Waals surface area contributed by atoms with E-state index in [0.29, 0.717) is 11.3 Å². The monoisotopic (exact) mass is 310 g/mol. The van der Waals surface area contributed by atoms with E-state index in [1.807, 2.05) is 19.2 Å². The zero-order valence-corrected chi connectivity index (χ0v) is 12.7. The maximum absolute atomic E-state index is 12.2. The first-order valence-electron chi connectivity index (χ1n) is 6.02. The summed E-state index contributed by atoms with van der Waals surface area (Å²) in [6.07, 6.45) is 2.40. The molecule has 0 aliphatic heterocycles. The largest absolute Gasteiger partial charge is 0.477 e. The highest BCUT2D eigenvalue weighted by Gasteiger charge is 2.30. The Morgan fingerprint density at radius 3 is 2.60 bits per heavy atom. The molecule has 0 saturated carbocycles. The summed E-state index contributed by atoms with van der Waals surface area (Å²) in [4.78, 5) is 27.9. The van der Waals surface area contributed by atoms with E-state index >= 15 is 0 Å². The molecule has 5 nitrogen and oxygen atoms in total. The molecule has 0 saturated heterocycles. The van der Waals surface area contributed by atoms with Crippen LogP contribution in [0.2, 0.25) is 0 Å². The topological polar surface area (TPSA) is 79.3 Å².